The number of nitrogens with one attached hydrogen (secondary N) is 2. The van der Waals surface area contributed by atoms with Gasteiger partial charge in [0, 0.05) is 49.1 Å². The Labute approximate surface area is 149 Å². The molecule has 0 radical (unpaired) electrons. The third-order valence-electron chi connectivity index (χ3n) is 3.95. The largest absolute Gasteiger partial charge is 0.489 e. The molecule has 0 aliphatic heterocycles. The Morgan fingerprint density at radius 2 is 2.08 bits per heavy atom. The third-order valence-corrected chi connectivity index (χ3v) is 3.95. The summed E-state index contributed by atoms with van der Waals surface area (Å²) in [6.07, 6.45) is 4.97. The molecule has 134 valence electrons. The van der Waals surface area contributed by atoms with Crippen molar-refractivity contribution in [2.45, 2.75) is 45.9 Å². The Morgan fingerprint density at radius 1 is 1.24 bits per heavy atom. The summed E-state index contributed by atoms with van der Waals surface area (Å²) in [6, 6.07) is 12.1. The van der Waals surface area contributed by atoms with Gasteiger partial charge >= 0.3 is 0 Å². The number of aromatic nitrogens is 1. The number of benzene rings is 1. The van der Waals surface area contributed by atoms with Crippen molar-refractivity contribution in [3.8, 4) is 5.75 Å². The molecule has 0 aliphatic rings. The van der Waals surface area contributed by atoms with Gasteiger partial charge in [-0.05, 0) is 25.5 Å². The molecule has 2 aromatic rings. The van der Waals surface area contributed by atoms with E-state index in [4.69, 9.17) is 4.74 Å². The van der Waals surface area contributed by atoms with E-state index < -0.39 is 0 Å². The van der Waals surface area contributed by atoms with Gasteiger partial charge in [-0.25, -0.2) is 0 Å². The average molecular weight is 341 g/mol. The van der Waals surface area contributed by atoms with E-state index in [1.165, 1.54) is 0 Å². The maximum absolute atomic E-state index is 11.8. The lowest BCUT2D eigenvalue weighted by Crippen LogP contribution is -2.33. The molecule has 0 saturated carbocycles. The zero-order chi connectivity index (χ0) is 17.9. The standard InChI is InChI=1S/C20H27N3O2/c1-3-16(2)23-20(24)10-12-22-14-18-8-4-5-9-19(18)25-15-17-7-6-11-21-13-17/h4-9,11,13,16,22H,3,10,12,14-15H2,1-2H3,(H,23,24). The molecule has 0 saturated heterocycles. The summed E-state index contributed by atoms with van der Waals surface area (Å²) in [5.41, 5.74) is 2.11. The molecule has 1 amide bonds. The molecule has 5 heteroatoms. The van der Waals surface area contributed by atoms with Gasteiger partial charge in [-0.15, -0.1) is 0 Å². The Bertz CT molecular complexity index is 646. The van der Waals surface area contributed by atoms with Crippen molar-refractivity contribution in [1.82, 2.24) is 15.6 Å². The van der Waals surface area contributed by atoms with Crippen LogP contribution in [0.25, 0.3) is 0 Å². The van der Waals surface area contributed by atoms with E-state index in [1.54, 1.807) is 12.4 Å². The first-order valence-electron chi connectivity index (χ1n) is 8.78. The van der Waals surface area contributed by atoms with Crippen LogP contribution in [0.2, 0.25) is 0 Å². The molecule has 1 heterocycles. The van der Waals surface area contributed by atoms with Crippen molar-refractivity contribution >= 4 is 5.91 Å². The highest BCUT2D eigenvalue weighted by molar-refractivity contribution is 5.76. The maximum Gasteiger partial charge on any atom is 0.221 e. The van der Waals surface area contributed by atoms with Gasteiger partial charge in [-0.2, -0.15) is 0 Å². The summed E-state index contributed by atoms with van der Waals surface area (Å²) < 4.78 is 5.91. The Morgan fingerprint density at radius 3 is 2.84 bits per heavy atom. The fourth-order valence-corrected chi connectivity index (χ4v) is 2.31. The molecule has 2 N–H and O–H groups in total. The third kappa shape index (κ3) is 6.93. The molecule has 0 spiro atoms. The Balaban J connectivity index is 1.77. The van der Waals surface area contributed by atoms with E-state index >= 15 is 0 Å². The van der Waals surface area contributed by atoms with Gasteiger partial charge in [0.15, 0.2) is 0 Å². The monoisotopic (exact) mass is 341 g/mol. The molecule has 0 bridgehead atoms. The molecule has 1 atom stereocenters. The Hall–Kier alpha value is -2.40. The molecule has 2 rings (SSSR count). The fourth-order valence-electron chi connectivity index (χ4n) is 2.31. The number of pyridine rings is 1. The summed E-state index contributed by atoms with van der Waals surface area (Å²) in [4.78, 5) is 15.9. The first kappa shape index (κ1) is 18.9. The van der Waals surface area contributed by atoms with Crippen molar-refractivity contribution in [3.05, 3.63) is 59.9 Å². The highest BCUT2D eigenvalue weighted by Gasteiger charge is 2.06. The second-order valence-corrected chi connectivity index (χ2v) is 6.06. The van der Waals surface area contributed by atoms with Crippen LogP contribution in [0.3, 0.4) is 0 Å². The average Bonchev–Trinajstić information content (AvgIpc) is 2.65. The molecule has 1 unspecified atom stereocenters. The summed E-state index contributed by atoms with van der Waals surface area (Å²) in [6.45, 7) is 5.87. The molecular formula is C20H27N3O2. The lowest BCUT2D eigenvalue weighted by atomic mass is 10.2. The van der Waals surface area contributed by atoms with Crippen molar-refractivity contribution in [2.24, 2.45) is 0 Å². The molecule has 0 fully saturated rings. The van der Waals surface area contributed by atoms with Gasteiger partial charge in [-0.3, -0.25) is 9.78 Å². The van der Waals surface area contributed by atoms with Crippen LogP contribution in [0.4, 0.5) is 0 Å². The number of carbonyl (C=O) groups excluding carboxylic acids is 1. The zero-order valence-electron chi connectivity index (χ0n) is 15.0. The van der Waals surface area contributed by atoms with Gasteiger partial charge in [0.05, 0.1) is 0 Å². The molecule has 1 aromatic heterocycles. The van der Waals surface area contributed by atoms with Gasteiger partial charge in [0.1, 0.15) is 12.4 Å². The molecule has 25 heavy (non-hydrogen) atoms. The number of carbonyl (C=O) groups is 1. The van der Waals surface area contributed by atoms with E-state index in [9.17, 15) is 4.79 Å². The minimum Gasteiger partial charge on any atom is -0.489 e. The smallest absolute Gasteiger partial charge is 0.221 e. The van der Waals surface area contributed by atoms with Crippen LogP contribution in [-0.2, 0) is 17.9 Å². The van der Waals surface area contributed by atoms with Crippen molar-refractivity contribution < 1.29 is 9.53 Å². The van der Waals surface area contributed by atoms with Gasteiger partial charge in [-0.1, -0.05) is 31.2 Å². The number of hydrogen-bond acceptors (Lipinski definition) is 4. The van der Waals surface area contributed by atoms with E-state index in [0.717, 1.165) is 23.3 Å². The SMILES string of the molecule is CCC(C)NC(=O)CCNCc1ccccc1OCc1cccnc1. The summed E-state index contributed by atoms with van der Waals surface area (Å²) in [5.74, 6) is 0.936. The van der Waals surface area contributed by atoms with Crippen LogP contribution in [-0.4, -0.2) is 23.5 Å². The first-order valence-corrected chi connectivity index (χ1v) is 8.78. The second-order valence-electron chi connectivity index (χ2n) is 6.06. The number of amides is 1. The summed E-state index contributed by atoms with van der Waals surface area (Å²) in [5, 5.41) is 6.28. The minimum atomic E-state index is 0.0861. The predicted octanol–water partition coefficient (Wildman–Crippen LogP) is 3.06. The topological polar surface area (TPSA) is 63.2 Å². The predicted molar refractivity (Wildman–Crippen MR) is 99.2 cm³/mol. The maximum atomic E-state index is 11.8. The summed E-state index contributed by atoms with van der Waals surface area (Å²) in [7, 11) is 0. The second kappa shape index (κ2) is 10.5. The van der Waals surface area contributed by atoms with E-state index in [-0.39, 0.29) is 11.9 Å². The first-order chi connectivity index (χ1) is 12.2. The van der Waals surface area contributed by atoms with Crippen molar-refractivity contribution in [3.63, 3.8) is 0 Å². The normalized spacial score (nSPS) is 11.8. The van der Waals surface area contributed by atoms with Crippen LogP contribution in [0.5, 0.6) is 5.75 Å². The van der Waals surface area contributed by atoms with Crippen LogP contribution in [0, 0.1) is 0 Å². The van der Waals surface area contributed by atoms with Crippen molar-refractivity contribution in [2.75, 3.05) is 6.54 Å². The quantitative estimate of drug-likeness (QED) is 0.652. The van der Waals surface area contributed by atoms with E-state index in [2.05, 4.69) is 22.5 Å². The summed E-state index contributed by atoms with van der Waals surface area (Å²) >= 11 is 0. The van der Waals surface area contributed by atoms with Crippen LogP contribution >= 0.6 is 0 Å². The molecule has 5 nitrogen and oxygen atoms in total. The Kier molecular flexibility index (Phi) is 7.92. The van der Waals surface area contributed by atoms with E-state index in [1.807, 2.05) is 43.3 Å². The molecule has 0 aliphatic carbocycles. The molecule has 1 aromatic carbocycles. The number of hydrogen-bond donors (Lipinski definition) is 2. The van der Waals surface area contributed by atoms with Crippen molar-refractivity contribution in [1.29, 1.82) is 0 Å². The minimum absolute atomic E-state index is 0.0861. The fraction of sp³-hybridized carbons (Fsp3) is 0.400. The van der Waals surface area contributed by atoms with Gasteiger partial charge < -0.3 is 15.4 Å². The lowest BCUT2D eigenvalue weighted by molar-refractivity contribution is -0.121. The highest BCUT2D eigenvalue weighted by atomic mass is 16.5. The van der Waals surface area contributed by atoms with Gasteiger partial charge in [0.2, 0.25) is 5.91 Å². The lowest BCUT2D eigenvalue weighted by Gasteiger charge is -2.13. The van der Waals surface area contributed by atoms with E-state index in [0.29, 0.717) is 26.1 Å². The van der Waals surface area contributed by atoms with Crippen LogP contribution in [0.1, 0.15) is 37.8 Å². The number of para-hydroxylation sites is 1. The van der Waals surface area contributed by atoms with Gasteiger partial charge in [0.25, 0.3) is 0 Å². The van der Waals surface area contributed by atoms with Crippen LogP contribution in [0.15, 0.2) is 48.8 Å². The molecular weight excluding hydrogens is 314 g/mol. The van der Waals surface area contributed by atoms with Crippen LogP contribution < -0.4 is 15.4 Å². The highest BCUT2D eigenvalue weighted by Crippen LogP contribution is 2.19. The number of nitrogens with zero attached hydrogens (tertiary/aromatic N) is 1. The zero-order valence-corrected chi connectivity index (χ0v) is 15.0. The number of rotatable bonds is 10. The number of ether oxygens (including phenoxy) is 1.